The first kappa shape index (κ1) is 24.5. The van der Waals surface area contributed by atoms with Crippen LogP contribution in [0.4, 0.5) is 24.5 Å². The Hall–Kier alpha value is -3.61. The van der Waals surface area contributed by atoms with Crippen molar-refractivity contribution in [3.8, 4) is 0 Å². The van der Waals surface area contributed by atoms with Gasteiger partial charge in [-0.1, -0.05) is 11.6 Å². The van der Waals surface area contributed by atoms with Crippen LogP contribution in [0.3, 0.4) is 0 Å². The molecule has 3 aromatic rings. The molecule has 0 radical (unpaired) electrons. The number of benzene rings is 1. The number of amides is 1. The molecule has 0 unspecified atom stereocenters. The van der Waals surface area contributed by atoms with Gasteiger partial charge in [0.25, 0.3) is 5.91 Å². The molecule has 0 spiro atoms. The number of aliphatic hydroxyl groups is 1. The van der Waals surface area contributed by atoms with Crippen molar-refractivity contribution in [1.29, 1.82) is 0 Å². The zero-order valence-corrected chi connectivity index (χ0v) is 19.6. The largest absolute Gasteiger partial charge is 0.417 e. The van der Waals surface area contributed by atoms with E-state index in [1.54, 1.807) is 35.1 Å². The number of aryl methyl sites for hydroxylation is 2. The van der Waals surface area contributed by atoms with Crippen molar-refractivity contribution in [2.75, 3.05) is 10.3 Å². The minimum Gasteiger partial charge on any atom is -0.392 e. The zero-order chi connectivity index (χ0) is 25.5. The van der Waals surface area contributed by atoms with Gasteiger partial charge in [0.15, 0.2) is 0 Å². The Morgan fingerprint density at radius 2 is 1.97 bits per heavy atom. The second-order valence-electron chi connectivity index (χ2n) is 7.85. The van der Waals surface area contributed by atoms with Gasteiger partial charge in [0.1, 0.15) is 0 Å². The average Bonchev–Trinajstić information content (AvgIpc) is 3.41. The summed E-state index contributed by atoms with van der Waals surface area (Å²) in [5.74, 6) is -0.683. The Kier molecular flexibility index (Phi) is 6.45. The Morgan fingerprint density at radius 1 is 1.23 bits per heavy atom. The van der Waals surface area contributed by atoms with Crippen molar-refractivity contribution in [2.24, 2.45) is 7.05 Å². The zero-order valence-electron chi connectivity index (χ0n) is 18.8. The molecule has 35 heavy (non-hydrogen) atoms. The maximum absolute atomic E-state index is 13.3. The van der Waals surface area contributed by atoms with E-state index in [0.29, 0.717) is 11.4 Å². The topological polar surface area (TPSA) is 107 Å². The molecule has 1 aliphatic rings. The first-order valence-corrected chi connectivity index (χ1v) is 10.7. The summed E-state index contributed by atoms with van der Waals surface area (Å²) in [6.45, 7) is 2.96. The molecular formula is C22H21ClF3N7O2. The molecule has 2 aromatic heterocycles. The van der Waals surface area contributed by atoms with Gasteiger partial charge in [-0.15, -0.1) is 5.53 Å². The van der Waals surface area contributed by atoms with Gasteiger partial charge < -0.3 is 15.8 Å². The predicted molar refractivity (Wildman–Crippen MR) is 124 cm³/mol. The molecule has 13 heteroatoms. The summed E-state index contributed by atoms with van der Waals surface area (Å²) >= 11 is 5.77. The van der Waals surface area contributed by atoms with Crippen LogP contribution in [0.25, 0.3) is 5.70 Å². The summed E-state index contributed by atoms with van der Waals surface area (Å²) in [5.41, 5.74) is 8.38. The maximum Gasteiger partial charge on any atom is 0.417 e. The molecule has 0 aliphatic carbocycles. The number of carbonyl (C=O) groups excluding carboxylic acids is 1. The van der Waals surface area contributed by atoms with Gasteiger partial charge in [-0.3, -0.25) is 19.5 Å². The highest BCUT2D eigenvalue weighted by Crippen LogP contribution is 2.38. The van der Waals surface area contributed by atoms with E-state index in [2.05, 4.69) is 26.4 Å². The average molecular weight is 508 g/mol. The van der Waals surface area contributed by atoms with E-state index in [1.807, 2.05) is 14.0 Å². The molecule has 184 valence electrons. The van der Waals surface area contributed by atoms with E-state index in [0.717, 1.165) is 23.0 Å². The van der Waals surface area contributed by atoms with Crippen molar-refractivity contribution in [2.45, 2.75) is 26.6 Å². The lowest BCUT2D eigenvalue weighted by Crippen LogP contribution is -2.36. The van der Waals surface area contributed by atoms with Crippen molar-refractivity contribution >= 4 is 34.6 Å². The Bertz CT molecular complexity index is 1340. The molecule has 0 atom stereocenters. The summed E-state index contributed by atoms with van der Waals surface area (Å²) < 4.78 is 41.8. The molecule has 0 fully saturated rings. The molecule has 0 saturated heterocycles. The van der Waals surface area contributed by atoms with Crippen molar-refractivity contribution < 1.29 is 23.1 Å². The van der Waals surface area contributed by atoms with Gasteiger partial charge in [0, 0.05) is 36.4 Å². The van der Waals surface area contributed by atoms with E-state index in [4.69, 9.17) is 11.6 Å². The minimum absolute atomic E-state index is 0.112. The van der Waals surface area contributed by atoms with E-state index >= 15 is 0 Å². The Labute approximate surface area is 203 Å². The molecule has 1 amide bonds. The van der Waals surface area contributed by atoms with Gasteiger partial charge in [-0.05, 0) is 37.6 Å². The second kappa shape index (κ2) is 9.21. The monoisotopic (exact) mass is 507 g/mol. The second-order valence-corrected chi connectivity index (χ2v) is 8.23. The van der Waals surface area contributed by atoms with Crippen LogP contribution in [0.2, 0.25) is 5.02 Å². The van der Waals surface area contributed by atoms with Crippen molar-refractivity contribution in [1.82, 2.24) is 25.7 Å². The van der Waals surface area contributed by atoms with Crippen LogP contribution in [0.1, 0.15) is 38.4 Å². The number of hydrogen-bond donors (Lipinski definition) is 4. The van der Waals surface area contributed by atoms with Crippen LogP contribution >= 0.6 is 11.6 Å². The van der Waals surface area contributed by atoms with Crippen LogP contribution in [0.5, 0.6) is 0 Å². The quantitative estimate of drug-likeness (QED) is 0.417. The lowest BCUT2D eigenvalue weighted by molar-refractivity contribution is -0.137. The third-order valence-electron chi connectivity index (χ3n) is 5.56. The highest BCUT2D eigenvalue weighted by Gasteiger charge is 2.35. The first-order chi connectivity index (χ1) is 16.5. The number of anilines is 2. The summed E-state index contributed by atoms with van der Waals surface area (Å²) in [6, 6.07) is 3.46. The molecule has 4 N–H and O–H groups in total. The van der Waals surface area contributed by atoms with Gasteiger partial charge in [-0.25, -0.2) is 0 Å². The van der Waals surface area contributed by atoms with Gasteiger partial charge >= 0.3 is 6.18 Å². The molecule has 4 rings (SSSR count). The van der Waals surface area contributed by atoms with E-state index in [1.165, 1.54) is 12.3 Å². The number of nitrogens with one attached hydrogen (secondary N) is 3. The number of rotatable bonds is 5. The fourth-order valence-corrected chi connectivity index (χ4v) is 3.79. The van der Waals surface area contributed by atoms with Crippen molar-refractivity contribution in [3.05, 3.63) is 75.5 Å². The number of pyridine rings is 1. The van der Waals surface area contributed by atoms with Crippen LogP contribution in [0.15, 0.2) is 36.8 Å². The number of aliphatic hydroxyl groups excluding tert-OH is 1. The standard InChI is InChI=1S/C22H21ClF3N7O2/c1-11-19(33-9-18(30-31-33)16-8-28-32(3)12(16)2)5-13(7-27-11)21(35)29-15-4-14(10-34)20(23)17(6-15)22(24,25)26/h4-9,30-31,34H,10H2,1-3H3,(H,29,35). The van der Waals surface area contributed by atoms with Crippen LogP contribution in [0, 0.1) is 13.8 Å². The summed E-state index contributed by atoms with van der Waals surface area (Å²) in [7, 11) is 1.83. The highest BCUT2D eigenvalue weighted by atomic mass is 35.5. The molecular weight excluding hydrogens is 487 g/mol. The van der Waals surface area contributed by atoms with Gasteiger partial charge in [-0.2, -0.15) is 18.3 Å². The molecule has 0 saturated carbocycles. The van der Waals surface area contributed by atoms with Crippen LogP contribution in [-0.2, 0) is 19.8 Å². The summed E-state index contributed by atoms with van der Waals surface area (Å²) in [5, 5.41) is 17.1. The van der Waals surface area contributed by atoms with Gasteiger partial charge in [0.2, 0.25) is 0 Å². The Morgan fingerprint density at radius 3 is 2.60 bits per heavy atom. The number of nitrogens with zero attached hydrogens (tertiary/aromatic N) is 4. The number of hydrazine groups is 2. The number of carbonyl (C=O) groups is 1. The highest BCUT2D eigenvalue weighted by molar-refractivity contribution is 6.32. The molecule has 0 bridgehead atoms. The SMILES string of the molecule is Cc1ncc(C(=O)Nc2cc(CO)c(Cl)c(C(F)(F)F)c2)cc1N1C=C(c2cnn(C)c2C)NN1. The number of halogens is 4. The lowest BCUT2D eigenvalue weighted by Gasteiger charge is -2.18. The maximum atomic E-state index is 13.3. The fourth-order valence-electron chi connectivity index (χ4n) is 3.51. The van der Waals surface area contributed by atoms with Crippen LogP contribution < -0.4 is 21.3 Å². The number of aromatic nitrogens is 3. The molecule has 3 heterocycles. The van der Waals surface area contributed by atoms with E-state index < -0.39 is 29.3 Å². The third-order valence-corrected chi connectivity index (χ3v) is 6.00. The fraction of sp³-hybridized carbons (Fsp3) is 0.227. The van der Waals surface area contributed by atoms with E-state index in [9.17, 15) is 23.1 Å². The van der Waals surface area contributed by atoms with Crippen LogP contribution in [-0.4, -0.2) is 25.8 Å². The minimum atomic E-state index is -4.76. The number of alkyl halides is 3. The third kappa shape index (κ3) is 4.81. The normalized spacial score (nSPS) is 13.6. The first-order valence-electron chi connectivity index (χ1n) is 10.3. The van der Waals surface area contributed by atoms with Gasteiger partial charge in [0.05, 0.1) is 46.0 Å². The molecule has 1 aliphatic heterocycles. The smallest absolute Gasteiger partial charge is 0.392 e. The van der Waals surface area contributed by atoms with Crippen molar-refractivity contribution in [3.63, 3.8) is 0 Å². The molecule has 9 nitrogen and oxygen atoms in total. The summed E-state index contributed by atoms with van der Waals surface area (Å²) in [4.78, 5) is 17.1. The lowest BCUT2D eigenvalue weighted by atomic mass is 10.1. The summed E-state index contributed by atoms with van der Waals surface area (Å²) in [6.07, 6.45) is 0.0564. The Balaban J connectivity index is 1.61. The van der Waals surface area contributed by atoms with E-state index in [-0.39, 0.29) is 16.8 Å². The molecule has 1 aromatic carbocycles. The predicted octanol–water partition coefficient (Wildman–Crippen LogP) is 3.68. The number of hydrogen-bond acceptors (Lipinski definition) is 7.